The van der Waals surface area contributed by atoms with E-state index in [1.807, 2.05) is 11.1 Å². The lowest BCUT2D eigenvalue weighted by atomic mass is 9.79. The van der Waals surface area contributed by atoms with Crippen molar-refractivity contribution in [1.82, 2.24) is 20.1 Å². The average molecular weight is 451 g/mol. The van der Waals surface area contributed by atoms with Crippen molar-refractivity contribution < 1.29 is 4.79 Å². The summed E-state index contributed by atoms with van der Waals surface area (Å²) < 4.78 is 0. The minimum atomic E-state index is 0.00295. The number of aromatic nitrogens is 3. The Morgan fingerprint density at radius 2 is 2.18 bits per heavy atom. The molecule has 170 valence electrons. The van der Waals surface area contributed by atoms with Gasteiger partial charge in [0, 0.05) is 48.5 Å². The van der Waals surface area contributed by atoms with E-state index in [0.29, 0.717) is 17.4 Å². The standard InChI is InChI=1S/C27H26N6O/c1-3-22(34)33-13-27(14-33)6-7-32(12-27)26-19(10-28)24(18-9-16-8-17(16)25(18)30-26)23-15(2)4-5-21-20(23)11-29-31-21/h3-5,11,16-17H,1,6-9,12-14H2,2H3,(H,29,31). The van der Waals surface area contributed by atoms with Crippen LogP contribution in [0.3, 0.4) is 0 Å². The third-order valence-electron chi connectivity index (χ3n) is 8.52. The van der Waals surface area contributed by atoms with Crippen LogP contribution in [-0.2, 0) is 11.2 Å². The highest BCUT2D eigenvalue weighted by Crippen LogP contribution is 2.59. The molecule has 2 aliphatic heterocycles. The molecule has 2 unspecified atom stereocenters. The van der Waals surface area contributed by atoms with Gasteiger partial charge in [-0.25, -0.2) is 4.98 Å². The third-order valence-corrected chi connectivity index (χ3v) is 8.52. The Hall–Kier alpha value is -3.66. The van der Waals surface area contributed by atoms with Crippen molar-refractivity contribution in [3.8, 4) is 17.2 Å². The Balaban J connectivity index is 1.36. The molecule has 4 aliphatic rings. The maximum Gasteiger partial charge on any atom is 0.245 e. The molecule has 1 saturated carbocycles. The number of benzene rings is 1. The fourth-order valence-corrected chi connectivity index (χ4v) is 6.70. The van der Waals surface area contributed by atoms with Gasteiger partial charge in [0.2, 0.25) is 5.91 Å². The number of rotatable bonds is 3. The fourth-order valence-electron chi connectivity index (χ4n) is 6.70. The molecule has 0 radical (unpaired) electrons. The molecular formula is C27H26N6O. The number of H-pyrrole nitrogens is 1. The van der Waals surface area contributed by atoms with E-state index in [1.165, 1.54) is 23.8 Å². The highest BCUT2D eigenvalue weighted by atomic mass is 16.2. The van der Waals surface area contributed by atoms with Gasteiger partial charge < -0.3 is 9.80 Å². The normalized spacial score (nSPS) is 23.5. The van der Waals surface area contributed by atoms with E-state index in [4.69, 9.17) is 4.98 Å². The summed E-state index contributed by atoms with van der Waals surface area (Å²) in [5.41, 5.74) is 7.57. The zero-order chi connectivity index (χ0) is 23.2. The van der Waals surface area contributed by atoms with Crippen LogP contribution in [0.15, 0.2) is 31.0 Å². The zero-order valence-corrected chi connectivity index (χ0v) is 19.3. The van der Waals surface area contributed by atoms with Crippen molar-refractivity contribution in [3.63, 3.8) is 0 Å². The predicted octanol–water partition coefficient (Wildman–Crippen LogP) is 3.69. The van der Waals surface area contributed by atoms with Crippen LogP contribution >= 0.6 is 0 Å². The molecule has 3 fully saturated rings. The van der Waals surface area contributed by atoms with Gasteiger partial charge in [-0.15, -0.1) is 0 Å². The molecule has 7 heteroatoms. The Kier molecular flexibility index (Phi) is 3.89. The molecule has 2 aromatic heterocycles. The maximum absolute atomic E-state index is 12.0. The molecule has 34 heavy (non-hydrogen) atoms. The van der Waals surface area contributed by atoms with E-state index in [9.17, 15) is 10.1 Å². The quantitative estimate of drug-likeness (QED) is 0.615. The Morgan fingerprint density at radius 3 is 2.97 bits per heavy atom. The molecule has 3 aromatic rings. The van der Waals surface area contributed by atoms with E-state index in [2.05, 4.69) is 46.8 Å². The molecule has 0 bridgehead atoms. The molecular weight excluding hydrogens is 424 g/mol. The smallest absolute Gasteiger partial charge is 0.245 e. The first-order chi connectivity index (χ1) is 16.5. The second-order valence-corrected chi connectivity index (χ2v) is 10.6. The van der Waals surface area contributed by atoms with Crippen LogP contribution in [0.5, 0.6) is 0 Å². The Morgan fingerprint density at radius 1 is 1.32 bits per heavy atom. The van der Waals surface area contributed by atoms with Crippen molar-refractivity contribution in [2.75, 3.05) is 31.1 Å². The number of carbonyl (C=O) groups is 1. The number of nitriles is 1. The lowest BCUT2D eigenvalue weighted by molar-refractivity contribution is -0.136. The topological polar surface area (TPSA) is 88.9 Å². The van der Waals surface area contributed by atoms with Crippen LogP contribution in [0.4, 0.5) is 5.82 Å². The number of fused-ring (bicyclic) bond motifs is 4. The number of nitrogens with one attached hydrogen (secondary N) is 1. The first-order valence-electron chi connectivity index (χ1n) is 12.1. The number of likely N-dealkylation sites (tertiary alicyclic amines) is 1. The van der Waals surface area contributed by atoms with E-state index in [-0.39, 0.29) is 11.3 Å². The maximum atomic E-state index is 12.0. The number of hydrogen-bond donors (Lipinski definition) is 1. The number of amides is 1. The summed E-state index contributed by atoms with van der Waals surface area (Å²) in [4.78, 5) is 21.4. The average Bonchev–Trinajstić information content (AvgIpc) is 3.18. The first-order valence-corrected chi connectivity index (χ1v) is 12.1. The highest BCUT2D eigenvalue weighted by Gasteiger charge is 2.51. The minimum Gasteiger partial charge on any atom is -0.355 e. The summed E-state index contributed by atoms with van der Waals surface area (Å²) in [5.74, 6) is 2.03. The van der Waals surface area contributed by atoms with E-state index >= 15 is 0 Å². The number of hydrogen-bond acceptors (Lipinski definition) is 5. The van der Waals surface area contributed by atoms with Crippen LogP contribution in [0.2, 0.25) is 0 Å². The number of aryl methyl sites for hydroxylation is 1. The number of anilines is 1. The monoisotopic (exact) mass is 450 g/mol. The lowest BCUT2D eigenvalue weighted by Gasteiger charge is -2.47. The number of pyridine rings is 1. The number of aromatic amines is 1. The predicted molar refractivity (Wildman–Crippen MR) is 129 cm³/mol. The highest BCUT2D eigenvalue weighted by molar-refractivity contribution is 6.00. The van der Waals surface area contributed by atoms with Gasteiger partial charge in [0.1, 0.15) is 17.5 Å². The summed E-state index contributed by atoms with van der Waals surface area (Å²) in [6.45, 7) is 8.94. The third kappa shape index (κ3) is 2.60. The van der Waals surface area contributed by atoms with Crippen LogP contribution in [0.1, 0.15) is 41.1 Å². The molecule has 2 aliphatic carbocycles. The van der Waals surface area contributed by atoms with E-state index < -0.39 is 0 Å². The number of nitrogens with zero attached hydrogens (tertiary/aromatic N) is 5. The van der Waals surface area contributed by atoms with Crippen molar-refractivity contribution in [1.29, 1.82) is 5.26 Å². The largest absolute Gasteiger partial charge is 0.355 e. The summed E-state index contributed by atoms with van der Waals surface area (Å²) in [7, 11) is 0. The molecule has 7 rings (SSSR count). The molecule has 4 heterocycles. The minimum absolute atomic E-state index is 0.00295. The Bertz CT molecular complexity index is 1440. The lowest BCUT2D eigenvalue weighted by Crippen LogP contribution is -2.59. The van der Waals surface area contributed by atoms with E-state index in [1.54, 1.807) is 0 Å². The molecule has 1 N–H and O–H groups in total. The van der Waals surface area contributed by atoms with E-state index in [0.717, 1.165) is 72.4 Å². The fraction of sp³-hybridized carbons (Fsp3) is 0.407. The first kappa shape index (κ1) is 19.8. The van der Waals surface area contributed by atoms with Crippen LogP contribution in [-0.4, -0.2) is 52.2 Å². The number of carbonyl (C=O) groups excluding carboxylic acids is 1. The van der Waals surface area contributed by atoms with Gasteiger partial charge in [-0.2, -0.15) is 10.4 Å². The summed E-state index contributed by atoms with van der Waals surface area (Å²) in [5, 5.41) is 18.9. The van der Waals surface area contributed by atoms with Gasteiger partial charge in [-0.1, -0.05) is 12.6 Å². The second-order valence-electron chi connectivity index (χ2n) is 10.6. The summed E-state index contributed by atoms with van der Waals surface area (Å²) >= 11 is 0. The molecule has 2 atom stereocenters. The van der Waals surface area contributed by atoms with Crippen molar-refractivity contribution in [3.05, 3.63) is 53.4 Å². The summed E-state index contributed by atoms with van der Waals surface area (Å²) in [6, 6.07) is 6.74. The van der Waals surface area contributed by atoms with Crippen LogP contribution < -0.4 is 4.90 Å². The van der Waals surface area contributed by atoms with Crippen molar-refractivity contribution >= 4 is 22.6 Å². The molecule has 2 saturated heterocycles. The zero-order valence-electron chi connectivity index (χ0n) is 19.3. The molecule has 1 aromatic carbocycles. The molecule has 7 nitrogen and oxygen atoms in total. The van der Waals surface area contributed by atoms with Gasteiger partial charge in [-0.05, 0) is 60.9 Å². The van der Waals surface area contributed by atoms with Gasteiger partial charge in [0.25, 0.3) is 0 Å². The van der Waals surface area contributed by atoms with Gasteiger partial charge in [-0.3, -0.25) is 9.89 Å². The Labute approximate surface area is 198 Å². The molecule has 1 spiro atoms. The van der Waals surface area contributed by atoms with Gasteiger partial charge in [0.15, 0.2) is 0 Å². The van der Waals surface area contributed by atoms with Crippen molar-refractivity contribution in [2.45, 2.75) is 32.1 Å². The summed E-state index contributed by atoms with van der Waals surface area (Å²) in [6.07, 6.45) is 6.50. The van der Waals surface area contributed by atoms with Crippen molar-refractivity contribution in [2.24, 2.45) is 11.3 Å². The SMILES string of the molecule is C=CC(=O)N1CC2(CCN(c3nc4c(c(-c5c(C)ccc6[nH]ncc56)c3C#N)CC3CC43)C2)C1. The van der Waals surface area contributed by atoms with Gasteiger partial charge >= 0.3 is 0 Å². The molecule has 1 amide bonds. The second kappa shape index (κ2) is 6.69. The van der Waals surface area contributed by atoms with Crippen LogP contribution in [0, 0.1) is 29.6 Å². The van der Waals surface area contributed by atoms with Crippen LogP contribution in [0.25, 0.3) is 22.0 Å². The van der Waals surface area contributed by atoms with Gasteiger partial charge in [0.05, 0.1) is 17.4 Å².